The number of likely N-dealkylation sites (tertiary alicyclic amines) is 1. The molecule has 0 bridgehead atoms. The third-order valence-corrected chi connectivity index (χ3v) is 4.53. The van der Waals surface area contributed by atoms with Crippen LogP contribution in [-0.4, -0.2) is 36.3 Å². The lowest BCUT2D eigenvalue weighted by Gasteiger charge is -2.19. The van der Waals surface area contributed by atoms with E-state index >= 15 is 0 Å². The van der Waals surface area contributed by atoms with Crippen molar-refractivity contribution >= 4 is 5.91 Å². The average molecular weight is 314 g/mol. The molecule has 3 atom stereocenters. The molecule has 0 radical (unpaired) electrons. The summed E-state index contributed by atoms with van der Waals surface area (Å²) in [6.07, 6.45) is -2.69. The normalized spacial score (nSPS) is 27.8. The predicted octanol–water partition coefficient (Wildman–Crippen LogP) is 2.39. The van der Waals surface area contributed by atoms with E-state index in [9.17, 15) is 18.0 Å². The zero-order valence-corrected chi connectivity index (χ0v) is 11.8. The van der Waals surface area contributed by atoms with E-state index in [1.807, 2.05) is 0 Å². The highest BCUT2D eigenvalue weighted by molar-refractivity contribution is 5.94. The highest BCUT2D eigenvalue weighted by Gasteiger charge is 2.42. The summed E-state index contributed by atoms with van der Waals surface area (Å²) in [4.78, 5) is 14.1. The van der Waals surface area contributed by atoms with Crippen molar-refractivity contribution in [3.05, 3.63) is 29.8 Å². The zero-order valence-electron chi connectivity index (χ0n) is 11.8. The minimum Gasteiger partial charge on any atom is -0.406 e. The lowest BCUT2D eigenvalue weighted by atomic mass is 9.98. The first-order valence-electron chi connectivity index (χ1n) is 7.24. The van der Waals surface area contributed by atoms with Gasteiger partial charge in [0, 0.05) is 24.7 Å². The van der Waals surface area contributed by atoms with Crippen LogP contribution in [0.1, 0.15) is 23.2 Å². The van der Waals surface area contributed by atoms with Gasteiger partial charge in [0.15, 0.2) is 0 Å². The molecule has 2 aliphatic rings. The third kappa shape index (κ3) is 3.04. The average Bonchev–Trinajstić information content (AvgIpc) is 3.00. The van der Waals surface area contributed by atoms with Crippen LogP contribution in [0, 0.1) is 11.8 Å². The molecule has 2 fully saturated rings. The van der Waals surface area contributed by atoms with E-state index in [2.05, 4.69) is 4.74 Å². The predicted molar refractivity (Wildman–Crippen MR) is 73.2 cm³/mol. The van der Waals surface area contributed by atoms with Gasteiger partial charge in [0.1, 0.15) is 5.75 Å². The van der Waals surface area contributed by atoms with Gasteiger partial charge < -0.3 is 15.4 Å². The third-order valence-electron chi connectivity index (χ3n) is 4.53. The molecule has 1 saturated heterocycles. The molecule has 1 heterocycles. The van der Waals surface area contributed by atoms with E-state index in [4.69, 9.17) is 5.73 Å². The van der Waals surface area contributed by atoms with Gasteiger partial charge in [-0.05, 0) is 48.9 Å². The minimum absolute atomic E-state index is 0.144. The fourth-order valence-electron chi connectivity index (χ4n) is 3.46. The van der Waals surface area contributed by atoms with Gasteiger partial charge in [0.2, 0.25) is 0 Å². The zero-order chi connectivity index (χ0) is 15.9. The Hall–Kier alpha value is -1.76. The number of nitrogens with two attached hydrogens (primary N) is 1. The Morgan fingerprint density at radius 3 is 2.45 bits per heavy atom. The smallest absolute Gasteiger partial charge is 0.406 e. The van der Waals surface area contributed by atoms with E-state index < -0.39 is 6.36 Å². The van der Waals surface area contributed by atoms with Gasteiger partial charge in [0.25, 0.3) is 5.91 Å². The molecule has 1 aromatic rings. The van der Waals surface area contributed by atoms with Crippen LogP contribution in [0.5, 0.6) is 5.75 Å². The Morgan fingerprint density at radius 1 is 1.18 bits per heavy atom. The first-order valence-corrected chi connectivity index (χ1v) is 7.24. The number of hydrogen-bond donors (Lipinski definition) is 1. The molecule has 3 rings (SSSR count). The van der Waals surface area contributed by atoms with Crippen LogP contribution in [0.25, 0.3) is 0 Å². The molecule has 3 unspecified atom stereocenters. The maximum atomic E-state index is 12.4. The lowest BCUT2D eigenvalue weighted by Crippen LogP contribution is -2.33. The number of rotatable bonds is 2. The van der Waals surface area contributed by atoms with Crippen molar-refractivity contribution in [3.8, 4) is 5.75 Å². The molecule has 0 aromatic heterocycles. The van der Waals surface area contributed by atoms with E-state index in [1.54, 1.807) is 4.90 Å². The number of ether oxygens (including phenoxy) is 1. The van der Waals surface area contributed by atoms with Crippen molar-refractivity contribution in [1.82, 2.24) is 4.90 Å². The largest absolute Gasteiger partial charge is 0.573 e. The SMILES string of the molecule is NC1CCC2CN(C(=O)c3ccc(OC(F)(F)F)cc3)CC12. The first kappa shape index (κ1) is 15.1. The second-order valence-electron chi connectivity index (χ2n) is 5.95. The van der Waals surface area contributed by atoms with Crippen molar-refractivity contribution in [2.24, 2.45) is 17.6 Å². The van der Waals surface area contributed by atoms with E-state index in [0.29, 0.717) is 30.5 Å². The Bertz CT molecular complexity index is 559. The second kappa shape index (κ2) is 5.46. The fraction of sp³-hybridized carbons (Fsp3) is 0.533. The lowest BCUT2D eigenvalue weighted by molar-refractivity contribution is -0.274. The van der Waals surface area contributed by atoms with Crippen LogP contribution in [0.4, 0.5) is 13.2 Å². The molecule has 0 spiro atoms. The number of carbonyl (C=O) groups excluding carboxylic acids is 1. The van der Waals surface area contributed by atoms with Crippen molar-refractivity contribution in [2.75, 3.05) is 13.1 Å². The highest BCUT2D eigenvalue weighted by Crippen LogP contribution is 2.37. The summed E-state index contributed by atoms with van der Waals surface area (Å²) >= 11 is 0. The molecule has 1 aromatic carbocycles. The molecule has 1 amide bonds. The van der Waals surface area contributed by atoms with Crippen molar-refractivity contribution in [3.63, 3.8) is 0 Å². The number of fused-ring (bicyclic) bond motifs is 1. The van der Waals surface area contributed by atoms with Crippen LogP contribution in [0.15, 0.2) is 24.3 Å². The first-order chi connectivity index (χ1) is 10.3. The summed E-state index contributed by atoms with van der Waals surface area (Å²) in [5.74, 6) is 0.299. The van der Waals surface area contributed by atoms with Gasteiger partial charge in [-0.1, -0.05) is 0 Å². The number of benzene rings is 1. The second-order valence-corrected chi connectivity index (χ2v) is 5.95. The molecule has 1 aliphatic carbocycles. The van der Waals surface area contributed by atoms with Gasteiger partial charge in [0.05, 0.1) is 0 Å². The van der Waals surface area contributed by atoms with Crippen molar-refractivity contribution < 1.29 is 22.7 Å². The molecule has 1 aliphatic heterocycles. The van der Waals surface area contributed by atoms with E-state index in [0.717, 1.165) is 25.0 Å². The van der Waals surface area contributed by atoms with E-state index in [1.165, 1.54) is 12.1 Å². The number of halogens is 3. The number of carbonyl (C=O) groups is 1. The fourth-order valence-corrected chi connectivity index (χ4v) is 3.46. The maximum absolute atomic E-state index is 12.4. The van der Waals surface area contributed by atoms with Crippen molar-refractivity contribution in [2.45, 2.75) is 25.2 Å². The number of nitrogens with zero attached hydrogens (tertiary/aromatic N) is 1. The summed E-state index contributed by atoms with van der Waals surface area (Å²) in [5, 5.41) is 0. The summed E-state index contributed by atoms with van der Waals surface area (Å²) in [6.45, 7) is 1.31. The topological polar surface area (TPSA) is 55.6 Å². The molecule has 4 nitrogen and oxygen atoms in total. The van der Waals surface area contributed by atoms with Gasteiger partial charge >= 0.3 is 6.36 Å². The molecular formula is C15H17F3N2O2. The standard InChI is InChI=1S/C15H17F3N2O2/c16-15(17,18)22-11-4-1-9(2-5-11)14(21)20-7-10-3-6-13(19)12(10)8-20/h1-2,4-5,10,12-13H,3,6-8,19H2. The molecule has 1 saturated carbocycles. The molecule has 2 N–H and O–H groups in total. The van der Waals surface area contributed by atoms with Crippen LogP contribution in [0.2, 0.25) is 0 Å². The minimum atomic E-state index is -4.73. The molecule has 120 valence electrons. The quantitative estimate of drug-likeness (QED) is 0.912. The monoisotopic (exact) mass is 314 g/mol. The van der Waals surface area contributed by atoms with Gasteiger partial charge in [-0.2, -0.15) is 0 Å². The molecular weight excluding hydrogens is 297 g/mol. The van der Waals surface area contributed by atoms with Crippen LogP contribution in [-0.2, 0) is 0 Å². The van der Waals surface area contributed by atoms with Crippen molar-refractivity contribution in [1.29, 1.82) is 0 Å². The van der Waals surface area contributed by atoms with Crippen LogP contribution >= 0.6 is 0 Å². The summed E-state index contributed by atoms with van der Waals surface area (Å²) in [6, 6.07) is 5.17. The molecule has 22 heavy (non-hydrogen) atoms. The highest BCUT2D eigenvalue weighted by atomic mass is 19.4. The Morgan fingerprint density at radius 2 is 1.86 bits per heavy atom. The van der Waals surface area contributed by atoms with Gasteiger partial charge in [-0.3, -0.25) is 4.79 Å². The maximum Gasteiger partial charge on any atom is 0.573 e. The molecule has 7 heteroatoms. The Labute approximate surface area is 126 Å². The van der Waals surface area contributed by atoms with E-state index in [-0.39, 0.29) is 17.7 Å². The number of amides is 1. The number of alkyl halides is 3. The van der Waals surface area contributed by atoms with Gasteiger partial charge in [-0.15, -0.1) is 13.2 Å². The Kier molecular flexibility index (Phi) is 3.76. The summed E-state index contributed by atoms with van der Waals surface area (Å²) < 4.78 is 40.1. The summed E-state index contributed by atoms with van der Waals surface area (Å²) in [5.41, 5.74) is 6.40. The van der Waals surface area contributed by atoms with Gasteiger partial charge in [-0.25, -0.2) is 0 Å². The van der Waals surface area contributed by atoms with Crippen LogP contribution < -0.4 is 10.5 Å². The summed E-state index contributed by atoms with van der Waals surface area (Å²) in [7, 11) is 0. The van der Waals surface area contributed by atoms with Crippen LogP contribution in [0.3, 0.4) is 0 Å². The number of hydrogen-bond acceptors (Lipinski definition) is 3. The Balaban J connectivity index is 1.66.